The number of furan rings is 1. The molecular formula is C45H53IrN2O3Si-. The second-order valence-electron chi connectivity index (χ2n) is 15.4. The standard InChI is InChI=1S/C30H25N2OSi.C15H28O2.Ir/c1-19-15-29-26(18-31-19)22-11-8-12-23(30(22)33-29)28-17-24(20-9-6-5-7-10-20)25-16-21(34(2,3)4)13-14-27(25)32-28;1-7-14(5,8-2)12(16)11-13(17)15(6,9-3)10-4;/h5-11,13-18H,1-4H3;11,16H,7-10H2,1-6H3;/q-1;;/b;12-11-;. The van der Waals surface area contributed by atoms with E-state index in [-0.39, 0.29) is 42.5 Å². The molecule has 3 aromatic carbocycles. The van der Waals surface area contributed by atoms with Crippen molar-refractivity contribution in [1.82, 2.24) is 9.97 Å². The monoisotopic (exact) mass is 890 g/mol. The molecule has 3 aromatic heterocycles. The Kier molecular flexibility index (Phi) is 12.9. The molecule has 0 aliphatic carbocycles. The molecule has 6 rings (SSSR count). The van der Waals surface area contributed by atoms with Gasteiger partial charge in [0.05, 0.1) is 19.2 Å². The molecule has 0 aliphatic rings. The van der Waals surface area contributed by atoms with Gasteiger partial charge in [-0.15, -0.1) is 18.2 Å². The molecule has 0 bridgehead atoms. The fourth-order valence-electron chi connectivity index (χ4n) is 6.28. The number of carbonyl (C=O) groups is 1. The van der Waals surface area contributed by atoms with Gasteiger partial charge in [-0.05, 0) is 55.5 Å². The number of aliphatic hydroxyl groups is 1. The summed E-state index contributed by atoms with van der Waals surface area (Å²) in [6, 6.07) is 28.9. The number of fused-ring (bicyclic) bond motifs is 4. The Balaban J connectivity index is 0.000000289. The molecule has 5 nitrogen and oxygen atoms in total. The summed E-state index contributed by atoms with van der Waals surface area (Å²) in [5.41, 5.74) is 7.06. The summed E-state index contributed by atoms with van der Waals surface area (Å²) < 4.78 is 6.33. The van der Waals surface area contributed by atoms with E-state index in [0.717, 1.165) is 70.1 Å². The zero-order valence-electron chi connectivity index (χ0n) is 32.4. The Morgan fingerprint density at radius 3 is 2.13 bits per heavy atom. The minimum absolute atomic E-state index is 0. The van der Waals surface area contributed by atoms with Crippen molar-refractivity contribution < 1.29 is 34.4 Å². The van der Waals surface area contributed by atoms with Gasteiger partial charge in [0.25, 0.3) is 0 Å². The Labute approximate surface area is 324 Å². The van der Waals surface area contributed by atoms with E-state index in [9.17, 15) is 9.90 Å². The first-order chi connectivity index (χ1) is 24.2. The van der Waals surface area contributed by atoms with Crippen molar-refractivity contribution in [2.75, 3.05) is 0 Å². The summed E-state index contributed by atoms with van der Waals surface area (Å²) in [5.74, 6) is 0.286. The van der Waals surface area contributed by atoms with E-state index in [1.807, 2.05) is 72.9 Å². The number of nitrogens with zero attached hydrogens (tertiary/aromatic N) is 2. The van der Waals surface area contributed by atoms with Crippen LogP contribution in [0.5, 0.6) is 0 Å². The van der Waals surface area contributed by atoms with Crippen LogP contribution in [0.2, 0.25) is 19.6 Å². The summed E-state index contributed by atoms with van der Waals surface area (Å²) in [7, 11) is -1.47. The van der Waals surface area contributed by atoms with Crippen LogP contribution in [0.4, 0.5) is 0 Å². The number of carbonyl (C=O) groups excluding carboxylic acids is 1. The Morgan fingerprint density at radius 1 is 0.865 bits per heavy atom. The number of rotatable bonds is 10. The first-order valence-electron chi connectivity index (χ1n) is 18.3. The van der Waals surface area contributed by atoms with Crippen molar-refractivity contribution in [3.8, 4) is 22.4 Å². The quantitative estimate of drug-likeness (QED) is 0.0642. The van der Waals surface area contributed by atoms with Gasteiger partial charge in [-0.25, -0.2) is 0 Å². The SMILES string of the molecule is CCC(C)(CC)C(=O)/C=C(\O)C(C)(CC)CC.Cc1cc2oc3c(-c4cc(-c5ccccc5)c5cc([Si](C)(C)C)ccc5n4)[c-]ccc3c2cn1.[Ir]. The first kappa shape index (κ1) is 40.9. The van der Waals surface area contributed by atoms with Crippen molar-refractivity contribution in [2.45, 2.75) is 93.8 Å². The smallest absolute Gasteiger partial charge is 0.164 e. The van der Waals surface area contributed by atoms with E-state index in [2.05, 4.69) is 85.3 Å². The van der Waals surface area contributed by atoms with Crippen LogP contribution in [0.25, 0.3) is 55.2 Å². The fourth-order valence-corrected chi connectivity index (χ4v) is 7.44. The number of aliphatic hydroxyl groups excluding tert-OH is 1. The number of benzene rings is 3. The third-order valence-electron chi connectivity index (χ3n) is 11.1. The van der Waals surface area contributed by atoms with Crippen molar-refractivity contribution in [3.05, 3.63) is 103 Å². The summed E-state index contributed by atoms with van der Waals surface area (Å²) >= 11 is 0. The molecule has 0 aliphatic heterocycles. The van der Waals surface area contributed by atoms with Gasteiger partial charge >= 0.3 is 0 Å². The van der Waals surface area contributed by atoms with Crippen molar-refractivity contribution in [2.24, 2.45) is 10.8 Å². The van der Waals surface area contributed by atoms with Crippen LogP contribution < -0.4 is 5.19 Å². The molecule has 0 amide bonds. The second-order valence-corrected chi connectivity index (χ2v) is 20.4. The maximum absolute atomic E-state index is 12.2. The maximum Gasteiger partial charge on any atom is 0.164 e. The van der Waals surface area contributed by atoms with Gasteiger partial charge in [0.15, 0.2) is 5.78 Å². The molecule has 1 radical (unpaired) electrons. The number of hydrogen-bond acceptors (Lipinski definition) is 5. The number of hydrogen-bond donors (Lipinski definition) is 1. The maximum atomic E-state index is 12.2. The van der Waals surface area contributed by atoms with E-state index in [1.165, 1.54) is 27.8 Å². The van der Waals surface area contributed by atoms with Crippen LogP contribution in [0, 0.1) is 23.8 Å². The topological polar surface area (TPSA) is 76.2 Å². The molecule has 1 N–H and O–H groups in total. The molecule has 3 heterocycles. The van der Waals surface area contributed by atoms with E-state index in [4.69, 9.17) is 9.40 Å². The first-order valence-corrected chi connectivity index (χ1v) is 21.8. The van der Waals surface area contributed by atoms with Crippen molar-refractivity contribution in [3.63, 3.8) is 0 Å². The normalized spacial score (nSPS) is 12.5. The number of ketones is 1. The van der Waals surface area contributed by atoms with Gasteiger partial charge in [0.2, 0.25) is 0 Å². The number of pyridine rings is 2. The van der Waals surface area contributed by atoms with Crippen molar-refractivity contribution >= 4 is 51.9 Å². The van der Waals surface area contributed by atoms with Gasteiger partial charge in [0.1, 0.15) is 11.3 Å². The number of allylic oxidation sites excluding steroid dienone is 2. The molecule has 0 spiro atoms. The predicted molar refractivity (Wildman–Crippen MR) is 217 cm³/mol. The average Bonchev–Trinajstić information content (AvgIpc) is 3.51. The summed E-state index contributed by atoms with van der Waals surface area (Å²) in [4.78, 5) is 21.8. The van der Waals surface area contributed by atoms with Gasteiger partial charge in [-0.2, -0.15) is 0 Å². The molecule has 0 saturated heterocycles. The summed E-state index contributed by atoms with van der Waals surface area (Å²) in [5, 5.41) is 14.8. The number of aryl methyl sites for hydroxylation is 1. The third kappa shape index (κ3) is 8.33. The summed E-state index contributed by atoms with van der Waals surface area (Å²) in [6.07, 6.45) is 6.64. The molecule has 0 atom stereocenters. The molecule has 6 aromatic rings. The molecule has 0 fully saturated rings. The van der Waals surface area contributed by atoms with Gasteiger partial charge in [-0.3, -0.25) is 14.8 Å². The van der Waals surface area contributed by atoms with Crippen molar-refractivity contribution in [1.29, 1.82) is 0 Å². The molecule has 275 valence electrons. The van der Waals surface area contributed by atoms with Gasteiger partial charge < -0.3 is 9.52 Å². The molecule has 0 unspecified atom stereocenters. The van der Waals surface area contributed by atoms with Gasteiger partial charge in [-0.1, -0.05) is 126 Å². The van der Waals surface area contributed by atoms with E-state index >= 15 is 0 Å². The second kappa shape index (κ2) is 16.4. The Hall–Kier alpha value is -3.90. The third-order valence-corrected chi connectivity index (χ3v) is 13.1. The zero-order chi connectivity index (χ0) is 37.1. The zero-order valence-corrected chi connectivity index (χ0v) is 35.8. The summed E-state index contributed by atoms with van der Waals surface area (Å²) in [6.45, 7) is 21.2. The van der Waals surface area contributed by atoms with Crippen LogP contribution >= 0.6 is 0 Å². The van der Waals surface area contributed by atoms with Crippen LogP contribution in [0.1, 0.15) is 72.9 Å². The minimum Gasteiger partial charge on any atom is -0.512 e. The van der Waals surface area contributed by atoms with Gasteiger partial charge in [0, 0.05) is 65.7 Å². The van der Waals surface area contributed by atoms with Crippen LogP contribution in [0.15, 0.2) is 95.2 Å². The molecular weight excluding hydrogens is 837 g/mol. The fraction of sp³-hybridized carbons (Fsp3) is 0.356. The minimum atomic E-state index is -1.47. The number of aromatic nitrogens is 2. The van der Waals surface area contributed by atoms with E-state index in [1.54, 1.807) is 0 Å². The van der Waals surface area contributed by atoms with E-state index in [0.29, 0.717) is 0 Å². The van der Waals surface area contributed by atoms with Crippen LogP contribution in [-0.2, 0) is 24.9 Å². The van der Waals surface area contributed by atoms with Crippen LogP contribution in [0.3, 0.4) is 0 Å². The predicted octanol–water partition coefficient (Wildman–Crippen LogP) is 12.2. The Bertz CT molecular complexity index is 2210. The average molecular weight is 890 g/mol. The Morgan fingerprint density at radius 2 is 1.52 bits per heavy atom. The molecule has 7 heteroatoms. The molecule has 0 saturated carbocycles. The van der Waals surface area contributed by atoms with Crippen LogP contribution in [-0.4, -0.2) is 28.9 Å². The molecule has 52 heavy (non-hydrogen) atoms. The van der Waals surface area contributed by atoms with E-state index < -0.39 is 8.07 Å². The largest absolute Gasteiger partial charge is 0.512 e.